The minimum absolute atomic E-state index is 0.406. The molecule has 1 aromatic heterocycles. The second kappa shape index (κ2) is 6.29. The molecule has 1 aromatic carbocycles. The zero-order valence-corrected chi connectivity index (χ0v) is 11.5. The van der Waals surface area contributed by atoms with Gasteiger partial charge in [-0.3, -0.25) is 4.90 Å². The van der Waals surface area contributed by atoms with E-state index in [2.05, 4.69) is 34.8 Å². The van der Waals surface area contributed by atoms with Crippen LogP contribution in [0.15, 0.2) is 42.7 Å². The molecule has 0 amide bonds. The molecule has 4 nitrogen and oxygen atoms in total. The fourth-order valence-corrected chi connectivity index (χ4v) is 1.91. The van der Waals surface area contributed by atoms with Crippen molar-refractivity contribution in [2.75, 3.05) is 5.73 Å². The molecule has 0 atom stereocenters. The van der Waals surface area contributed by atoms with Gasteiger partial charge in [-0.25, -0.2) is 9.97 Å². The number of anilines is 1. The minimum atomic E-state index is 0.406. The summed E-state index contributed by atoms with van der Waals surface area (Å²) in [6.07, 6.45) is 3.55. The first-order chi connectivity index (χ1) is 9.16. The summed E-state index contributed by atoms with van der Waals surface area (Å²) in [4.78, 5) is 10.9. The van der Waals surface area contributed by atoms with Crippen LogP contribution >= 0.6 is 0 Å². The number of nitrogens with two attached hydrogens (primary N) is 1. The SMILES string of the molecule is CC(C)N(Cc1ncccn1)Cc1ccccc1N. The highest BCUT2D eigenvalue weighted by Crippen LogP contribution is 2.16. The lowest BCUT2D eigenvalue weighted by Crippen LogP contribution is -2.30. The molecule has 2 aromatic rings. The van der Waals surface area contributed by atoms with Crippen molar-refractivity contribution in [3.63, 3.8) is 0 Å². The molecule has 19 heavy (non-hydrogen) atoms. The summed E-state index contributed by atoms with van der Waals surface area (Å²) >= 11 is 0. The third-order valence-corrected chi connectivity index (χ3v) is 3.12. The van der Waals surface area contributed by atoms with Gasteiger partial charge in [0.05, 0.1) is 6.54 Å². The van der Waals surface area contributed by atoms with Crippen LogP contribution in [0.5, 0.6) is 0 Å². The van der Waals surface area contributed by atoms with Gasteiger partial charge in [-0.15, -0.1) is 0 Å². The van der Waals surface area contributed by atoms with Crippen LogP contribution in [0.2, 0.25) is 0 Å². The van der Waals surface area contributed by atoms with E-state index in [1.54, 1.807) is 12.4 Å². The van der Waals surface area contributed by atoms with E-state index in [9.17, 15) is 0 Å². The average molecular weight is 256 g/mol. The van der Waals surface area contributed by atoms with E-state index in [1.165, 1.54) is 0 Å². The molecule has 0 aliphatic heterocycles. The number of hydrogen-bond acceptors (Lipinski definition) is 4. The van der Waals surface area contributed by atoms with E-state index < -0.39 is 0 Å². The Kier molecular flexibility index (Phi) is 4.47. The van der Waals surface area contributed by atoms with Crippen molar-refractivity contribution < 1.29 is 0 Å². The Balaban J connectivity index is 2.11. The molecule has 0 aliphatic rings. The van der Waals surface area contributed by atoms with Crippen LogP contribution in [-0.2, 0) is 13.1 Å². The molecule has 0 bridgehead atoms. The van der Waals surface area contributed by atoms with Gasteiger partial charge in [0, 0.05) is 30.7 Å². The molecule has 0 unspecified atom stereocenters. The van der Waals surface area contributed by atoms with Crippen LogP contribution in [0.3, 0.4) is 0 Å². The Morgan fingerprint density at radius 2 is 1.74 bits per heavy atom. The summed E-state index contributed by atoms with van der Waals surface area (Å²) in [7, 11) is 0. The number of benzene rings is 1. The van der Waals surface area contributed by atoms with Crippen molar-refractivity contribution in [2.45, 2.75) is 33.0 Å². The van der Waals surface area contributed by atoms with Gasteiger partial charge in [0.15, 0.2) is 0 Å². The first-order valence-corrected chi connectivity index (χ1v) is 6.50. The molecule has 4 heteroatoms. The maximum absolute atomic E-state index is 6.00. The van der Waals surface area contributed by atoms with Crippen molar-refractivity contribution >= 4 is 5.69 Å². The Labute approximate surface area is 114 Å². The number of rotatable bonds is 5. The lowest BCUT2D eigenvalue weighted by molar-refractivity contribution is 0.199. The second-order valence-corrected chi connectivity index (χ2v) is 4.86. The summed E-state index contributed by atoms with van der Waals surface area (Å²) in [5.41, 5.74) is 7.99. The molecule has 0 fully saturated rings. The van der Waals surface area contributed by atoms with E-state index in [1.807, 2.05) is 24.3 Å². The molecule has 2 rings (SSSR count). The number of nitrogen functional groups attached to an aromatic ring is 1. The van der Waals surface area contributed by atoms with E-state index in [-0.39, 0.29) is 0 Å². The zero-order chi connectivity index (χ0) is 13.7. The normalized spacial score (nSPS) is 11.2. The number of aromatic nitrogens is 2. The lowest BCUT2D eigenvalue weighted by atomic mass is 10.1. The Morgan fingerprint density at radius 1 is 1.05 bits per heavy atom. The average Bonchev–Trinajstić information content (AvgIpc) is 2.41. The van der Waals surface area contributed by atoms with E-state index in [0.717, 1.165) is 30.2 Å². The molecule has 0 radical (unpaired) electrons. The molecule has 0 saturated heterocycles. The lowest BCUT2D eigenvalue weighted by Gasteiger charge is -2.26. The highest BCUT2D eigenvalue weighted by molar-refractivity contribution is 5.46. The highest BCUT2D eigenvalue weighted by Gasteiger charge is 2.13. The number of nitrogens with zero attached hydrogens (tertiary/aromatic N) is 3. The third kappa shape index (κ3) is 3.76. The molecule has 0 spiro atoms. The highest BCUT2D eigenvalue weighted by atomic mass is 15.2. The van der Waals surface area contributed by atoms with E-state index in [0.29, 0.717) is 6.04 Å². The molecule has 1 heterocycles. The zero-order valence-electron chi connectivity index (χ0n) is 11.5. The molecule has 2 N–H and O–H groups in total. The van der Waals surface area contributed by atoms with Crippen molar-refractivity contribution in [2.24, 2.45) is 0 Å². The van der Waals surface area contributed by atoms with E-state index in [4.69, 9.17) is 5.73 Å². The van der Waals surface area contributed by atoms with Gasteiger partial charge in [0.25, 0.3) is 0 Å². The van der Waals surface area contributed by atoms with Gasteiger partial charge in [0.2, 0.25) is 0 Å². The van der Waals surface area contributed by atoms with Gasteiger partial charge < -0.3 is 5.73 Å². The number of hydrogen-bond donors (Lipinski definition) is 1. The largest absolute Gasteiger partial charge is 0.398 e. The maximum Gasteiger partial charge on any atom is 0.142 e. The van der Waals surface area contributed by atoms with Gasteiger partial charge in [-0.1, -0.05) is 18.2 Å². The summed E-state index contributed by atoms with van der Waals surface area (Å²) in [6, 6.07) is 10.2. The minimum Gasteiger partial charge on any atom is -0.398 e. The summed E-state index contributed by atoms with van der Waals surface area (Å²) in [6.45, 7) is 5.87. The second-order valence-electron chi connectivity index (χ2n) is 4.86. The summed E-state index contributed by atoms with van der Waals surface area (Å²) < 4.78 is 0. The van der Waals surface area contributed by atoms with Crippen molar-refractivity contribution in [3.8, 4) is 0 Å². The Morgan fingerprint density at radius 3 is 2.37 bits per heavy atom. The Hall–Kier alpha value is -1.94. The predicted molar refractivity (Wildman–Crippen MR) is 77.3 cm³/mol. The smallest absolute Gasteiger partial charge is 0.142 e. The predicted octanol–water partition coefficient (Wildman–Crippen LogP) is 2.47. The quantitative estimate of drug-likeness (QED) is 0.835. The number of para-hydroxylation sites is 1. The molecule has 100 valence electrons. The van der Waals surface area contributed by atoms with Crippen LogP contribution in [0.1, 0.15) is 25.2 Å². The summed E-state index contributed by atoms with van der Waals surface area (Å²) in [5.74, 6) is 0.839. The van der Waals surface area contributed by atoms with Crippen LogP contribution < -0.4 is 5.73 Å². The molecule has 0 aliphatic carbocycles. The third-order valence-electron chi connectivity index (χ3n) is 3.12. The fraction of sp³-hybridized carbons (Fsp3) is 0.333. The summed E-state index contributed by atoms with van der Waals surface area (Å²) in [5, 5.41) is 0. The van der Waals surface area contributed by atoms with Crippen molar-refractivity contribution in [3.05, 3.63) is 54.1 Å². The first-order valence-electron chi connectivity index (χ1n) is 6.50. The van der Waals surface area contributed by atoms with Crippen LogP contribution in [0, 0.1) is 0 Å². The first kappa shape index (κ1) is 13.5. The topological polar surface area (TPSA) is 55.0 Å². The Bertz CT molecular complexity index is 511. The van der Waals surface area contributed by atoms with Gasteiger partial charge in [-0.2, -0.15) is 0 Å². The molecule has 0 saturated carbocycles. The molecular weight excluding hydrogens is 236 g/mol. The fourth-order valence-electron chi connectivity index (χ4n) is 1.91. The van der Waals surface area contributed by atoms with E-state index >= 15 is 0 Å². The monoisotopic (exact) mass is 256 g/mol. The maximum atomic E-state index is 6.00. The van der Waals surface area contributed by atoms with Gasteiger partial charge in [0.1, 0.15) is 5.82 Å². The van der Waals surface area contributed by atoms with Crippen molar-refractivity contribution in [1.29, 1.82) is 0 Å². The standard InChI is InChI=1S/C15H20N4/c1-12(2)19(11-15-17-8-5-9-18-15)10-13-6-3-4-7-14(13)16/h3-9,12H,10-11,16H2,1-2H3. The van der Waals surface area contributed by atoms with Crippen LogP contribution in [-0.4, -0.2) is 20.9 Å². The van der Waals surface area contributed by atoms with Gasteiger partial charge in [-0.05, 0) is 31.5 Å². The van der Waals surface area contributed by atoms with Crippen LogP contribution in [0.25, 0.3) is 0 Å². The van der Waals surface area contributed by atoms with Crippen molar-refractivity contribution in [1.82, 2.24) is 14.9 Å². The van der Waals surface area contributed by atoms with Crippen LogP contribution in [0.4, 0.5) is 5.69 Å². The molecular formula is C15H20N4. The van der Waals surface area contributed by atoms with Gasteiger partial charge >= 0.3 is 0 Å².